The number of rotatable bonds is 3. The molecular weight excluding hydrogens is 322 g/mol. The third-order valence-electron chi connectivity index (χ3n) is 3.33. The molecular formula is C13H11F4N3OS. The lowest BCUT2D eigenvalue weighted by Crippen LogP contribution is -2.54. The predicted molar refractivity (Wildman–Crippen MR) is 74.3 cm³/mol. The van der Waals surface area contributed by atoms with Crippen LogP contribution in [0.25, 0.3) is 10.2 Å². The van der Waals surface area contributed by atoms with E-state index in [4.69, 9.17) is 0 Å². The lowest BCUT2D eigenvalue weighted by molar-refractivity contribution is -0.141. The van der Waals surface area contributed by atoms with E-state index in [0.29, 0.717) is 28.4 Å². The van der Waals surface area contributed by atoms with Crippen LogP contribution in [0.2, 0.25) is 0 Å². The number of thiazole rings is 1. The number of aromatic nitrogens is 1. The number of hydrogen-bond donors (Lipinski definition) is 1. The zero-order valence-electron chi connectivity index (χ0n) is 11.2. The molecule has 2 heterocycles. The zero-order valence-corrected chi connectivity index (χ0v) is 12.0. The molecule has 2 aromatic rings. The highest BCUT2D eigenvalue weighted by atomic mass is 32.1. The van der Waals surface area contributed by atoms with Crippen LogP contribution in [0.4, 0.5) is 22.7 Å². The molecule has 1 fully saturated rings. The first-order chi connectivity index (χ1) is 10.3. The number of carbonyl (C=O) groups excluding carboxylic acids is 1. The van der Waals surface area contributed by atoms with Crippen LogP contribution in [0.15, 0.2) is 18.2 Å². The Morgan fingerprint density at radius 3 is 2.82 bits per heavy atom. The molecule has 0 bridgehead atoms. The lowest BCUT2D eigenvalue weighted by Gasteiger charge is -2.37. The van der Waals surface area contributed by atoms with Crippen molar-refractivity contribution in [2.45, 2.75) is 6.18 Å². The minimum atomic E-state index is -4.41. The van der Waals surface area contributed by atoms with Gasteiger partial charge >= 0.3 is 6.18 Å². The summed E-state index contributed by atoms with van der Waals surface area (Å²) in [7, 11) is 0. The molecule has 1 aromatic carbocycles. The monoisotopic (exact) mass is 333 g/mol. The zero-order chi connectivity index (χ0) is 15.9. The maximum Gasteiger partial charge on any atom is 0.405 e. The first-order valence-corrected chi connectivity index (χ1v) is 7.29. The van der Waals surface area contributed by atoms with Gasteiger partial charge in [-0.2, -0.15) is 13.2 Å². The fourth-order valence-corrected chi connectivity index (χ4v) is 3.16. The summed E-state index contributed by atoms with van der Waals surface area (Å²) in [6.07, 6.45) is -4.41. The summed E-state index contributed by atoms with van der Waals surface area (Å²) >= 11 is 1.29. The quantitative estimate of drug-likeness (QED) is 0.878. The molecule has 1 aromatic heterocycles. The maximum atomic E-state index is 13.1. The highest BCUT2D eigenvalue weighted by Gasteiger charge is 2.36. The largest absolute Gasteiger partial charge is 0.405 e. The number of benzene rings is 1. The Balaban J connectivity index is 1.59. The molecule has 1 saturated heterocycles. The van der Waals surface area contributed by atoms with Crippen LogP contribution in [0.3, 0.4) is 0 Å². The van der Waals surface area contributed by atoms with Crippen LogP contribution in [-0.2, 0) is 4.79 Å². The first kappa shape index (κ1) is 15.0. The van der Waals surface area contributed by atoms with Gasteiger partial charge in [-0.05, 0) is 18.2 Å². The molecule has 1 N–H and O–H groups in total. The van der Waals surface area contributed by atoms with Crippen molar-refractivity contribution in [1.29, 1.82) is 0 Å². The van der Waals surface area contributed by atoms with Crippen molar-refractivity contribution in [3.8, 4) is 0 Å². The Bertz CT molecular complexity index is 709. The second kappa shape index (κ2) is 5.38. The molecule has 0 aliphatic carbocycles. The van der Waals surface area contributed by atoms with Crippen molar-refractivity contribution in [2.75, 3.05) is 24.5 Å². The van der Waals surface area contributed by atoms with Gasteiger partial charge < -0.3 is 10.2 Å². The SMILES string of the molecule is O=C(NCC(F)(F)F)C1CN(c2nc3ccc(F)cc3s2)C1. The average molecular weight is 333 g/mol. The summed E-state index contributed by atoms with van der Waals surface area (Å²) in [6.45, 7) is -0.694. The molecule has 0 radical (unpaired) electrons. The molecule has 1 amide bonds. The second-order valence-electron chi connectivity index (χ2n) is 5.04. The van der Waals surface area contributed by atoms with Crippen molar-refractivity contribution in [3.05, 3.63) is 24.0 Å². The van der Waals surface area contributed by atoms with Crippen LogP contribution in [0, 0.1) is 11.7 Å². The van der Waals surface area contributed by atoms with E-state index in [1.54, 1.807) is 11.0 Å². The standard InChI is InChI=1S/C13H11F4N3OS/c14-8-1-2-9-10(3-8)22-12(19-9)20-4-7(5-20)11(21)18-6-13(15,16)17/h1-3,7H,4-6H2,(H,18,21). The Labute approximate surface area is 126 Å². The van der Waals surface area contributed by atoms with Crippen LogP contribution in [0.5, 0.6) is 0 Å². The van der Waals surface area contributed by atoms with Crippen LogP contribution in [0.1, 0.15) is 0 Å². The average Bonchev–Trinajstić information content (AvgIpc) is 2.76. The molecule has 1 aliphatic heterocycles. The van der Waals surface area contributed by atoms with E-state index in [9.17, 15) is 22.4 Å². The van der Waals surface area contributed by atoms with Crippen molar-refractivity contribution in [3.63, 3.8) is 0 Å². The molecule has 4 nitrogen and oxygen atoms in total. The number of hydrogen-bond acceptors (Lipinski definition) is 4. The topological polar surface area (TPSA) is 45.2 Å². The Morgan fingerprint density at radius 2 is 2.14 bits per heavy atom. The number of alkyl halides is 3. The normalized spacial score (nSPS) is 15.9. The lowest BCUT2D eigenvalue weighted by atomic mass is 10.0. The van der Waals surface area contributed by atoms with Gasteiger partial charge in [-0.25, -0.2) is 9.37 Å². The molecule has 118 valence electrons. The van der Waals surface area contributed by atoms with Gasteiger partial charge in [0, 0.05) is 13.1 Å². The predicted octanol–water partition coefficient (Wildman–Crippen LogP) is 2.55. The van der Waals surface area contributed by atoms with E-state index in [1.807, 2.05) is 5.32 Å². The summed E-state index contributed by atoms with van der Waals surface area (Å²) in [4.78, 5) is 17.7. The van der Waals surface area contributed by atoms with Gasteiger partial charge in [-0.15, -0.1) is 0 Å². The highest BCUT2D eigenvalue weighted by Crippen LogP contribution is 2.33. The molecule has 0 spiro atoms. The number of halogens is 4. The van der Waals surface area contributed by atoms with Crippen molar-refractivity contribution in [1.82, 2.24) is 10.3 Å². The van der Waals surface area contributed by atoms with E-state index < -0.39 is 24.5 Å². The second-order valence-corrected chi connectivity index (χ2v) is 6.05. The fourth-order valence-electron chi connectivity index (χ4n) is 2.15. The number of nitrogens with one attached hydrogen (secondary N) is 1. The number of carbonyl (C=O) groups is 1. The van der Waals surface area contributed by atoms with Crippen molar-refractivity contribution in [2.24, 2.45) is 5.92 Å². The number of amides is 1. The number of nitrogens with zero attached hydrogens (tertiary/aromatic N) is 2. The summed E-state index contributed by atoms with van der Waals surface area (Å²) in [6, 6.07) is 4.26. The van der Waals surface area contributed by atoms with Gasteiger partial charge in [0.25, 0.3) is 0 Å². The third-order valence-corrected chi connectivity index (χ3v) is 4.40. The van der Waals surface area contributed by atoms with Crippen LogP contribution < -0.4 is 10.2 Å². The van der Waals surface area contributed by atoms with E-state index >= 15 is 0 Å². The van der Waals surface area contributed by atoms with Crippen LogP contribution in [-0.4, -0.2) is 36.7 Å². The summed E-state index contributed by atoms with van der Waals surface area (Å²) in [5.74, 6) is -1.44. The Morgan fingerprint density at radius 1 is 1.41 bits per heavy atom. The number of fused-ring (bicyclic) bond motifs is 1. The molecule has 22 heavy (non-hydrogen) atoms. The minimum Gasteiger partial charge on any atom is -0.347 e. The summed E-state index contributed by atoms with van der Waals surface area (Å²) in [5.41, 5.74) is 0.659. The molecule has 0 unspecified atom stereocenters. The fraction of sp³-hybridized carbons (Fsp3) is 0.385. The van der Waals surface area contributed by atoms with E-state index in [-0.39, 0.29) is 5.82 Å². The molecule has 1 aliphatic rings. The smallest absolute Gasteiger partial charge is 0.347 e. The summed E-state index contributed by atoms with van der Waals surface area (Å²) in [5, 5.41) is 2.51. The third kappa shape index (κ3) is 3.13. The van der Waals surface area contributed by atoms with E-state index in [2.05, 4.69) is 4.98 Å². The van der Waals surface area contributed by atoms with E-state index in [1.165, 1.54) is 23.5 Å². The van der Waals surface area contributed by atoms with Crippen molar-refractivity contribution >= 4 is 32.6 Å². The molecule has 0 saturated carbocycles. The van der Waals surface area contributed by atoms with E-state index in [0.717, 1.165) is 0 Å². The highest BCUT2D eigenvalue weighted by molar-refractivity contribution is 7.22. The van der Waals surface area contributed by atoms with Gasteiger partial charge in [0.05, 0.1) is 16.1 Å². The van der Waals surface area contributed by atoms with Gasteiger partial charge in [-0.3, -0.25) is 4.79 Å². The van der Waals surface area contributed by atoms with Gasteiger partial charge in [0.15, 0.2) is 5.13 Å². The van der Waals surface area contributed by atoms with Gasteiger partial charge in [0.1, 0.15) is 12.4 Å². The molecule has 3 rings (SSSR count). The maximum absolute atomic E-state index is 13.1. The van der Waals surface area contributed by atoms with Gasteiger partial charge in [-0.1, -0.05) is 11.3 Å². The van der Waals surface area contributed by atoms with Crippen LogP contribution >= 0.6 is 11.3 Å². The Hall–Kier alpha value is -1.90. The summed E-state index contributed by atoms with van der Waals surface area (Å²) < 4.78 is 49.9. The Kier molecular flexibility index (Phi) is 3.67. The molecule has 0 atom stereocenters. The molecule has 9 heteroatoms. The first-order valence-electron chi connectivity index (χ1n) is 6.47. The van der Waals surface area contributed by atoms with Gasteiger partial charge in [0.2, 0.25) is 5.91 Å². The number of anilines is 1. The minimum absolute atomic E-state index is 0.312. The van der Waals surface area contributed by atoms with Crippen molar-refractivity contribution < 1.29 is 22.4 Å².